The Morgan fingerprint density at radius 1 is 1.23 bits per heavy atom. The summed E-state index contributed by atoms with van der Waals surface area (Å²) in [6, 6.07) is 12.9. The van der Waals surface area contributed by atoms with Crippen molar-refractivity contribution in [1.82, 2.24) is 5.32 Å². The number of nitrogens with one attached hydrogen (secondary N) is 2. The van der Waals surface area contributed by atoms with Crippen LogP contribution in [0, 0.1) is 23.1 Å². The van der Waals surface area contributed by atoms with E-state index >= 15 is 0 Å². The van der Waals surface area contributed by atoms with E-state index in [-0.39, 0.29) is 0 Å². The maximum atomic E-state index is 13.7. The number of anilines is 1. The first-order valence-corrected chi connectivity index (χ1v) is 8.60. The first-order chi connectivity index (χ1) is 12.7. The van der Waals surface area contributed by atoms with Crippen molar-refractivity contribution in [2.24, 2.45) is 5.92 Å². The predicted molar refractivity (Wildman–Crippen MR) is 97.1 cm³/mol. The fraction of sp³-hybridized carbons (Fsp3) is 0.300. The largest absolute Gasteiger partial charge is 0.449 e. The zero-order chi connectivity index (χ0) is 18.4. The molecule has 3 rings (SSSR count). The quantitative estimate of drug-likeness (QED) is 0.874. The molecule has 0 radical (unpaired) electrons. The minimum Gasteiger partial charge on any atom is -0.449 e. The molecule has 1 amide bonds. The lowest BCUT2D eigenvalue weighted by Crippen LogP contribution is -2.31. The molecule has 0 aromatic heterocycles. The Hall–Kier alpha value is -2.91. The third kappa shape index (κ3) is 4.58. The van der Waals surface area contributed by atoms with Gasteiger partial charge in [0.2, 0.25) is 0 Å². The van der Waals surface area contributed by atoms with Gasteiger partial charge in [-0.1, -0.05) is 12.1 Å². The highest BCUT2D eigenvalue weighted by Crippen LogP contribution is 2.29. The van der Waals surface area contributed by atoms with E-state index in [0.717, 1.165) is 25.9 Å². The molecule has 134 valence electrons. The molecule has 0 saturated carbocycles. The Morgan fingerprint density at radius 3 is 2.65 bits per heavy atom. The average Bonchev–Trinajstić information content (AvgIpc) is 2.69. The SMILES string of the molecule is N#Cc1ccc(-c2cc(F)ccc2NC(=O)OCC2CCNCC2)cc1. The number of amides is 1. The van der Waals surface area contributed by atoms with E-state index in [4.69, 9.17) is 10.00 Å². The molecule has 0 spiro atoms. The van der Waals surface area contributed by atoms with E-state index in [9.17, 15) is 9.18 Å². The number of rotatable bonds is 4. The minimum atomic E-state index is -0.551. The van der Waals surface area contributed by atoms with Gasteiger partial charge in [-0.25, -0.2) is 9.18 Å². The fourth-order valence-electron chi connectivity index (χ4n) is 2.98. The standard InChI is InChI=1S/C20H20FN3O2/c21-17-5-6-19(18(11-17)16-3-1-14(12-22)2-4-16)24-20(25)26-13-15-7-9-23-10-8-15/h1-6,11,15,23H,7-10,13H2,(H,24,25). The van der Waals surface area contributed by atoms with Crippen LogP contribution in [-0.2, 0) is 4.74 Å². The van der Waals surface area contributed by atoms with Gasteiger partial charge in [0.25, 0.3) is 0 Å². The highest BCUT2D eigenvalue weighted by molar-refractivity contribution is 5.91. The third-order valence-corrected chi connectivity index (χ3v) is 4.45. The number of piperidine rings is 1. The van der Waals surface area contributed by atoms with Crippen molar-refractivity contribution >= 4 is 11.8 Å². The van der Waals surface area contributed by atoms with Crippen molar-refractivity contribution in [2.75, 3.05) is 25.0 Å². The molecular formula is C20H20FN3O2. The molecule has 2 N–H and O–H groups in total. The predicted octanol–water partition coefficient (Wildman–Crippen LogP) is 3.91. The summed E-state index contributed by atoms with van der Waals surface area (Å²) in [4.78, 5) is 12.1. The number of ether oxygens (including phenoxy) is 1. The lowest BCUT2D eigenvalue weighted by molar-refractivity contribution is 0.131. The van der Waals surface area contributed by atoms with Gasteiger partial charge in [-0.2, -0.15) is 5.26 Å². The molecular weight excluding hydrogens is 333 g/mol. The van der Waals surface area contributed by atoms with Crippen LogP contribution < -0.4 is 10.6 Å². The van der Waals surface area contributed by atoms with Gasteiger partial charge < -0.3 is 10.1 Å². The number of halogens is 1. The number of nitriles is 1. The van der Waals surface area contributed by atoms with Gasteiger partial charge in [0, 0.05) is 5.56 Å². The number of hydrogen-bond donors (Lipinski definition) is 2. The summed E-state index contributed by atoms with van der Waals surface area (Å²) in [5, 5.41) is 14.9. The zero-order valence-corrected chi connectivity index (χ0v) is 14.3. The van der Waals surface area contributed by atoms with Gasteiger partial charge in [0.1, 0.15) is 5.82 Å². The van der Waals surface area contributed by atoms with Crippen molar-refractivity contribution < 1.29 is 13.9 Å². The fourth-order valence-corrected chi connectivity index (χ4v) is 2.98. The molecule has 0 atom stereocenters. The van der Waals surface area contributed by atoms with Crippen LogP contribution in [0.3, 0.4) is 0 Å². The second kappa shape index (κ2) is 8.45. The third-order valence-electron chi connectivity index (χ3n) is 4.45. The maximum absolute atomic E-state index is 13.7. The summed E-state index contributed by atoms with van der Waals surface area (Å²) in [6.45, 7) is 2.26. The minimum absolute atomic E-state index is 0.369. The van der Waals surface area contributed by atoms with Gasteiger partial charge in [-0.05, 0) is 67.7 Å². The molecule has 0 aliphatic carbocycles. The number of carbonyl (C=O) groups excluding carboxylic acids is 1. The van der Waals surface area contributed by atoms with Crippen LogP contribution in [-0.4, -0.2) is 25.8 Å². The topological polar surface area (TPSA) is 74.2 Å². The first-order valence-electron chi connectivity index (χ1n) is 8.60. The lowest BCUT2D eigenvalue weighted by Gasteiger charge is -2.22. The average molecular weight is 353 g/mol. The molecule has 2 aromatic rings. The molecule has 5 nitrogen and oxygen atoms in total. The molecule has 2 aromatic carbocycles. The van der Waals surface area contributed by atoms with Crippen molar-refractivity contribution in [3.8, 4) is 17.2 Å². The Bertz CT molecular complexity index is 809. The number of nitrogens with zero attached hydrogens (tertiary/aromatic N) is 1. The van der Waals surface area contributed by atoms with Gasteiger partial charge in [0.05, 0.1) is 23.9 Å². The van der Waals surface area contributed by atoms with Crippen LogP contribution >= 0.6 is 0 Å². The Balaban J connectivity index is 1.70. The summed E-state index contributed by atoms with van der Waals surface area (Å²) in [5.41, 5.74) is 2.22. The molecule has 0 unspecified atom stereocenters. The maximum Gasteiger partial charge on any atom is 0.411 e. The van der Waals surface area contributed by atoms with Crippen molar-refractivity contribution in [2.45, 2.75) is 12.8 Å². The van der Waals surface area contributed by atoms with Gasteiger partial charge in [-0.3, -0.25) is 5.32 Å². The Morgan fingerprint density at radius 2 is 1.96 bits per heavy atom. The number of carbonyl (C=O) groups is 1. The van der Waals surface area contributed by atoms with Crippen molar-refractivity contribution in [1.29, 1.82) is 5.26 Å². The summed E-state index contributed by atoms with van der Waals surface area (Å²) in [7, 11) is 0. The first kappa shape index (κ1) is 17.9. The van der Waals surface area contributed by atoms with Crippen LogP contribution in [0.25, 0.3) is 11.1 Å². The van der Waals surface area contributed by atoms with Crippen molar-refractivity contribution in [3.63, 3.8) is 0 Å². The number of hydrogen-bond acceptors (Lipinski definition) is 4. The van der Waals surface area contributed by atoms with Gasteiger partial charge >= 0.3 is 6.09 Å². The smallest absolute Gasteiger partial charge is 0.411 e. The summed E-state index contributed by atoms with van der Waals surface area (Å²) in [5.74, 6) is -0.0359. The monoisotopic (exact) mass is 353 g/mol. The molecule has 0 bridgehead atoms. The van der Waals surface area contributed by atoms with Crippen LogP contribution in [0.2, 0.25) is 0 Å². The van der Waals surface area contributed by atoms with Gasteiger partial charge in [-0.15, -0.1) is 0 Å². The van der Waals surface area contributed by atoms with Crippen LogP contribution in [0.5, 0.6) is 0 Å². The van der Waals surface area contributed by atoms with E-state index < -0.39 is 11.9 Å². The molecule has 1 aliphatic rings. The number of benzene rings is 2. The molecule has 6 heteroatoms. The zero-order valence-electron chi connectivity index (χ0n) is 14.3. The molecule has 1 saturated heterocycles. The van der Waals surface area contributed by atoms with Crippen molar-refractivity contribution in [3.05, 3.63) is 53.8 Å². The Labute approximate surface area is 151 Å². The van der Waals surface area contributed by atoms with Gasteiger partial charge in [0.15, 0.2) is 0 Å². The van der Waals surface area contributed by atoms with Crippen LogP contribution in [0.4, 0.5) is 14.9 Å². The normalized spacial score (nSPS) is 14.5. The second-order valence-corrected chi connectivity index (χ2v) is 6.30. The van der Waals surface area contributed by atoms with E-state index in [0.29, 0.717) is 34.9 Å². The van der Waals surface area contributed by atoms with E-state index in [1.165, 1.54) is 18.2 Å². The lowest BCUT2D eigenvalue weighted by atomic mass is 9.99. The Kier molecular flexibility index (Phi) is 5.82. The molecule has 1 aliphatic heterocycles. The van der Waals surface area contributed by atoms with Crippen LogP contribution in [0.15, 0.2) is 42.5 Å². The van der Waals surface area contributed by atoms with E-state index in [1.54, 1.807) is 24.3 Å². The highest BCUT2D eigenvalue weighted by Gasteiger charge is 2.16. The molecule has 26 heavy (non-hydrogen) atoms. The highest BCUT2D eigenvalue weighted by atomic mass is 19.1. The molecule has 1 fully saturated rings. The molecule has 1 heterocycles. The summed E-state index contributed by atoms with van der Waals surface area (Å²) >= 11 is 0. The summed E-state index contributed by atoms with van der Waals surface area (Å²) in [6.07, 6.45) is 1.42. The summed E-state index contributed by atoms with van der Waals surface area (Å²) < 4.78 is 19.0. The van der Waals surface area contributed by atoms with Crippen LogP contribution in [0.1, 0.15) is 18.4 Å². The second-order valence-electron chi connectivity index (χ2n) is 6.30. The van der Waals surface area contributed by atoms with E-state index in [2.05, 4.69) is 10.6 Å². The van der Waals surface area contributed by atoms with E-state index in [1.807, 2.05) is 6.07 Å².